The van der Waals surface area contributed by atoms with Gasteiger partial charge in [0.2, 0.25) is 0 Å². The minimum Gasteiger partial charge on any atom is -0.476 e. The summed E-state index contributed by atoms with van der Waals surface area (Å²) in [6.07, 6.45) is 3.60. The van der Waals surface area contributed by atoms with Crippen LogP contribution in [0, 0.1) is 0 Å². The van der Waals surface area contributed by atoms with E-state index >= 15 is 0 Å². The molecule has 5 nitrogen and oxygen atoms in total. The number of rotatable bonds is 3. The zero-order valence-corrected chi connectivity index (χ0v) is 7.95. The van der Waals surface area contributed by atoms with E-state index in [1.54, 1.807) is 0 Å². The zero-order valence-electron chi connectivity index (χ0n) is 7.20. The normalized spacial score (nSPS) is 15.2. The van der Waals surface area contributed by atoms with Gasteiger partial charge >= 0.3 is 5.97 Å². The third-order valence-electron chi connectivity index (χ3n) is 1.86. The molecule has 0 spiro atoms. The van der Waals surface area contributed by atoms with Crippen LogP contribution in [0.4, 0.5) is 5.82 Å². The highest BCUT2D eigenvalue weighted by Gasteiger charge is 2.22. The number of carboxylic acid groups (broad SMARTS) is 1. The van der Waals surface area contributed by atoms with Crippen molar-refractivity contribution in [2.75, 3.05) is 5.32 Å². The van der Waals surface area contributed by atoms with Gasteiger partial charge in [0.25, 0.3) is 0 Å². The van der Waals surface area contributed by atoms with Gasteiger partial charge in [0.05, 0.1) is 6.20 Å². The van der Waals surface area contributed by atoms with E-state index in [0.29, 0.717) is 11.9 Å². The molecule has 0 saturated heterocycles. The molecule has 0 bridgehead atoms. The smallest absolute Gasteiger partial charge is 0.357 e. The molecule has 0 atom stereocenters. The van der Waals surface area contributed by atoms with Gasteiger partial charge in [-0.05, 0) is 12.8 Å². The molecule has 1 fully saturated rings. The molecule has 74 valence electrons. The average molecular weight is 214 g/mol. The van der Waals surface area contributed by atoms with Crippen molar-refractivity contribution in [1.29, 1.82) is 0 Å². The monoisotopic (exact) mass is 213 g/mol. The van der Waals surface area contributed by atoms with Gasteiger partial charge in [-0.15, -0.1) is 0 Å². The summed E-state index contributed by atoms with van der Waals surface area (Å²) in [5.41, 5.74) is -0.215. The van der Waals surface area contributed by atoms with E-state index in [1.807, 2.05) is 0 Å². The van der Waals surface area contributed by atoms with Crippen molar-refractivity contribution in [2.45, 2.75) is 18.9 Å². The number of carboxylic acids is 1. The van der Waals surface area contributed by atoms with Crippen molar-refractivity contribution in [3.63, 3.8) is 0 Å². The molecule has 0 amide bonds. The van der Waals surface area contributed by atoms with Crippen molar-refractivity contribution in [3.8, 4) is 0 Å². The fourth-order valence-electron chi connectivity index (χ4n) is 1.02. The van der Waals surface area contributed by atoms with Gasteiger partial charge in [0, 0.05) is 6.04 Å². The maximum Gasteiger partial charge on any atom is 0.357 e. The number of aromatic carboxylic acids is 1. The van der Waals surface area contributed by atoms with Gasteiger partial charge in [-0.25, -0.2) is 14.8 Å². The highest BCUT2D eigenvalue weighted by molar-refractivity contribution is 6.32. The van der Waals surface area contributed by atoms with Crippen molar-refractivity contribution >= 4 is 23.4 Å². The molecule has 0 aromatic carbocycles. The van der Waals surface area contributed by atoms with Crippen LogP contribution < -0.4 is 5.32 Å². The molecular weight excluding hydrogens is 206 g/mol. The Balaban J connectivity index is 2.20. The lowest BCUT2D eigenvalue weighted by molar-refractivity contribution is 0.0690. The molecule has 1 saturated carbocycles. The van der Waals surface area contributed by atoms with Gasteiger partial charge < -0.3 is 10.4 Å². The van der Waals surface area contributed by atoms with Gasteiger partial charge in [-0.1, -0.05) is 11.6 Å². The van der Waals surface area contributed by atoms with Crippen LogP contribution in [0.15, 0.2) is 6.20 Å². The van der Waals surface area contributed by atoms with Crippen LogP contribution in [0.25, 0.3) is 0 Å². The SMILES string of the molecule is O=C(O)c1ncc(NC2CC2)nc1Cl. The summed E-state index contributed by atoms with van der Waals surface area (Å²) in [6.45, 7) is 0. The first kappa shape index (κ1) is 9.21. The Kier molecular flexibility index (Phi) is 2.25. The summed E-state index contributed by atoms with van der Waals surface area (Å²) >= 11 is 5.63. The molecule has 6 heteroatoms. The molecule has 1 aliphatic carbocycles. The Hall–Kier alpha value is -1.36. The molecule has 1 aliphatic rings. The van der Waals surface area contributed by atoms with E-state index in [-0.39, 0.29) is 10.8 Å². The lowest BCUT2D eigenvalue weighted by Crippen LogP contribution is -2.08. The molecule has 0 radical (unpaired) electrons. The van der Waals surface area contributed by atoms with Gasteiger partial charge in [-0.2, -0.15) is 0 Å². The number of anilines is 1. The second kappa shape index (κ2) is 3.42. The Morgan fingerprint density at radius 1 is 1.64 bits per heavy atom. The van der Waals surface area contributed by atoms with Crippen LogP contribution in [0.1, 0.15) is 23.3 Å². The lowest BCUT2D eigenvalue weighted by atomic mass is 10.4. The molecular formula is C8H8ClN3O2. The predicted octanol–water partition coefficient (Wildman–Crippen LogP) is 1.40. The van der Waals surface area contributed by atoms with E-state index in [9.17, 15) is 4.79 Å². The van der Waals surface area contributed by atoms with Crippen LogP contribution in [0.2, 0.25) is 5.15 Å². The van der Waals surface area contributed by atoms with Gasteiger partial charge in [0.1, 0.15) is 5.82 Å². The first-order valence-corrected chi connectivity index (χ1v) is 4.57. The highest BCUT2D eigenvalue weighted by Crippen LogP contribution is 2.24. The minimum atomic E-state index is -1.17. The summed E-state index contributed by atoms with van der Waals surface area (Å²) < 4.78 is 0. The van der Waals surface area contributed by atoms with E-state index in [1.165, 1.54) is 6.20 Å². The van der Waals surface area contributed by atoms with E-state index in [2.05, 4.69) is 15.3 Å². The molecule has 14 heavy (non-hydrogen) atoms. The van der Waals surface area contributed by atoms with Crippen molar-refractivity contribution in [2.24, 2.45) is 0 Å². The van der Waals surface area contributed by atoms with Crippen molar-refractivity contribution in [3.05, 3.63) is 17.0 Å². The van der Waals surface area contributed by atoms with Crippen LogP contribution in [0.5, 0.6) is 0 Å². The highest BCUT2D eigenvalue weighted by atomic mass is 35.5. The Labute approximate surface area is 85.1 Å². The predicted molar refractivity (Wildman–Crippen MR) is 50.6 cm³/mol. The van der Waals surface area contributed by atoms with Crippen LogP contribution in [-0.4, -0.2) is 27.1 Å². The third kappa shape index (κ3) is 1.93. The number of halogens is 1. The van der Waals surface area contributed by atoms with Crippen molar-refractivity contribution in [1.82, 2.24) is 9.97 Å². The number of hydrogen-bond acceptors (Lipinski definition) is 4. The minimum absolute atomic E-state index is 0.0804. The lowest BCUT2D eigenvalue weighted by Gasteiger charge is -2.03. The fourth-order valence-corrected chi connectivity index (χ4v) is 1.24. The quantitative estimate of drug-likeness (QED) is 0.794. The first-order chi connectivity index (χ1) is 6.66. The van der Waals surface area contributed by atoms with Gasteiger partial charge in [-0.3, -0.25) is 0 Å². The van der Waals surface area contributed by atoms with E-state index in [4.69, 9.17) is 16.7 Å². The summed E-state index contributed by atoms with van der Waals surface area (Å²) in [4.78, 5) is 18.1. The maximum absolute atomic E-state index is 10.6. The maximum atomic E-state index is 10.6. The van der Waals surface area contributed by atoms with Crippen LogP contribution in [-0.2, 0) is 0 Å². The topological polar surface area (TPSA) is 75.1 Å². The van der Waals surface area contributed by atoms with Crippen molar-refractivity contribution < 1.29 is 9.90 Å². The molecule has 1 aromatic heterocycles. The number of nitrogens with zero attached hydrogens (tertiary/aromatic N) is 2. The zero-order chi connectivity index (χ0) is 10.1. The molecule has 2 N–H and O–H groups in total. The number of nitrogens with one attached hydrogen (secondary N) is 1. The summed E-state index contributed by atoms with van der Waals surface area (Å²) in [5, 5.41) is 11.6. The molecule has 1 heterocycles. The second-order valence-electron chi connectivity index (χ2n) is 3.12. The van der Waals surface area contributed by atoms with Crippen LogP contribution in [0.3, 0.4) is 0 Å². The second-order valence-corrected chi connectivity index (χ2v) is 3.48. The van der Waals surface area contributed by atoms with Crippen LogP contribution >= 0.6 is 11.6 Å². The standard InChI is InChI=1S/C8H8ClN3O2/c9-7-6(8(13)14)10-3-5(12-7)11-4-1-2-4/h3-4H,1-2H2,(H,11,12)(H,13,14). The number of aromatic nitrogens is 2. The summed E-state index contributed by atoms with van der Waals surface area (Å²) in [6, 6.07) is 0.441. The van der Waals surface area contributed by atoms with Gasteiger partial charge in [0.15, 0.2) is 10.8 Å². The fraction of sp³-hybridized carbons (Fsp3) is 0.375. The summed E-state index contributed by atoms with van der Waals surface area (Å²) in [5.74, 6) is -0.636. The summed E-state index contributed by atoms with van der Waals surface area (Å²) in [7, 11) is 0. The molecule has 0 aliphatic heterocycles. The Morgan fingerprint density at radius 2 is 2.36 bits per heavy atom. The Bertz CT molecular complexity index is 379. The van der Waals surface area contributed by atoms with E-state index in [0.717, 1.165) is 12.8 Å². The Morgan fingerprint density at radius 3 is 2.86 bits per heavy atom. The third-order valence-corrected chi connectivity index (χ3v) is 2.13. The molecule has 2 rings (SSSR count). The average Bonchev–Trinajstić information content (AvgIpc) is 2.87. The molecule has 0 unspecified atom stereocenters. The number of hydrogen-bond donors (Lipinski definition) is 2. The molecule has 1 aromatic rings. The first-order valence-electron chi connectivity index (χ1n) is 4.19. The largest absolute Gasteiger partial charge is 0.476 e. The van der Waals surface area contributed by atoms with E-state index < -0.39 is 5.97 Å². The number of carbonyl (C=O) groups is 1.